The third kappa shape index (κ3) is 4.26. The van der Waals surface area contributed by atoms with Crippen molar-refractivity contribution < 1.29 is 18.9 Å². The summed E-state index contributed by atoms with van der Waals surface area (Å²) in [4.78, 5) is 12.0. The Hall–Kier alpha value is -3.06. The number of methoxy groups -OCH3 is 4. The fourth-order valence-corrected chi connectivity index (χ4v) is 3.43. The molecule has 0 aliphatic heterocycles. The van der Waals surface area contributed by atoms with Crippen LogP contribution in [0, 0.1) is 0 Å². The van der Waals surface area contributed by atoms with Gasteiger partial charge in [-0.15, -0.1) is 0 Å². The molecular formula is C23H29N3O4. The fourth-order valence-electron chi connectivity index (χ4n) is 3.43. The highest BCUT2D eigenvalue weighted by Crippen LogP contribution is 2.38. The highest BCUT2D eigenvalue weighted by molar-refractivity contribution is 5.94. The van der Waals surface area contributed by atoms with Crippen molar-refractivity contribution in [1.29, 1.82) is 0 Å². The van der Waals surface area contributed by atoms with Crippen LogP contribution >= 0.6 is 0 Å². The molecule has 3 aromatic rings. The van der Waals surface area contributed by atoms with Gasteiger partial charge in [0.2, 0.25) is 0 Å². The SMILES string of the molecule is CCN(CC)Cc1nc(-c2ccc(OC)c(OC)c2)c2cc(OC)c(OC)cc2n1. The lowest BCUT2D eigenvalue weighted by Gasteiger charge is -2.19. The standard InChI is InChI=1S/C23H29N3O4/c1-7-26(8-2)14-22-24-17-13-21(30-6)20(29-5)12-16(17)23(25-22)15-9-10-18(27-3)19(11-15)28-4/h9-13H,7-8,14H2,1-6H3. The molecule has 0 spiro atoms. The molecule has 30 heavy (non-hydrogen) atoms. The van der Waals surface area contributed by atoms with Crippen molar-refractivity contribution in [3.63, 3.8) is 0 Å². The van der Waals surface area contributed by atoms with Crippen molar-refractivity contribution in [3.8, 4) is 34.3 Å². The molecule has 0 amide bonds. The molecule has 0 saturated heterocycles. The molecule has 1 heterocycles. The zero-order valence-electron chi connectivity index (χ0n) is 18.5. The highest BCUT2D eigenvalue weighted by atomic mass is 16.5. The maximum absolute atomic E-state index is 5.51. The lowest BCUT2D eigenvalue weighted by Crippen LogP contribution is -2.23. The van der Waals surface area contributed by atoms with E-state index in [0.29, 0.717) is 29.5 Å². The molecule has 2 aromatic carbocycles. The number of fused-ring (bicyclic) bond motifs is 1. The molecule has 0 atom stereocenters. The van der Waals surface area contributed by atoms with Crippen LogP contribution in [0.1, 0.15) is 19.7 Å². The van der Waals surface area contributed by atoms with E-state index in [2.05, 4.69) is 18.7 Å². The Labute approximate surface area is 177 Å². The molecule has 0 unspecified atom stereocenters. The fraction of sp³-hybridized carbons (Fsp3) is 0.391. The van der Waals surface area contributed by atoms with Crippen molar-refractivity contribution in [2.45, 2.75) is 20.4 Å². The number of aromatic nitrogens is 2. The minimum absolute atomic E-state index is 0.631. The summed E-state index contributed by atoms with van der Waals surface area (Å²) >= 11 is 0. The van der Waals surface area contributed by atoms with Gasteiger partial charge in [-0.2, -0.15) is 0 Å². The van der Waals surface area contributed by atoms with Crippen LogP contribution < -0.4 is 18.9 Å². The van der Waals surface area contributed by atoms with Gasteiger partial charge in [-0.05, 0) is 37.4 Å². The van der Waals surface area contributed by atoms with E-state index in [1.807, 2.05) is 30.3 Å². The van der Waals surface area contributed by atoms with Gasteiger partial charge in [0.15, 0.2) is 23.0 Å². The summed E-state index contributed by atoms with van der Waals surface area (Å²) in [6.45, 7) is 6.78. The van der Waals surface area contributed by atoms with E-state index in [4.69, 9.17) is 28.9 Å². The zero-order valence-corrected chi connectivity index (χ0v) is 18.5. The topological polar surface area (TPSA) is 65.9 Å². The van der Waals surface area contributed by atoms with Crippen molar-refractivity contribution >= 4 is 10.9 Å². The van der Waals surface area contributed by atoms with Gasteiger partial charge in [0.1, 0.15) is 5.82 Å². The first-order valence-electron chi connectivity index (χ1n) is 9.95. The van der Waals surface area contributed by atoms with Crippen LogP contribution in [0.15, 0.2) is 30.3 Å². The van der Waals surface area contributed by atoms with Crippen LogP contribution in [-0.2, 0) is 6.54 Å². The number of nitrogens with zero attached hydrogens (tertiary/aromatic N) is 3. The van der Waals surface area contributed by atoms with Gasteiger partial charge in [-0.1, -0.05) is 13.8 Å². The van der Waals surface area contributed by atoms with E-state index in [0.717, 1.165) is 41.1 Å². The highest BCUT2D eigenvalue weighted by Gasteiger charge is 2.17. The van der Waals surface area contributed by atoms with Crippen LogP contribution in [0.2, 0.25) is 0 Å². The van der Waals surface area contributed by atoms with Crippen molar-refractivity contribution in [2.75, 3.05) is 41.5 Å². The number of rotatable bonds is 9. The monoisotopic (exact) mass is 411 g/mol. The van der Waals surface area contributed by atoms with E-state index in [9.17, 15) is 0 Å². The second kappa shape index (κ2) is 9.63. The molecule has 160 valence electrons. The summed E-state index contributed by atoms with van der Waals surface area (Å²) in [7, 11) is 6.49. The Morgan fingerprint density at radius 3 is 1.93 bits per heavy atom. The van der Waals surface area contributed by atoms with Gasteiger partial charge in [-0.25, -0.2) is 9.97 Å². The van der Waals surface area contributed by atoms with Crippen LogP contribution in [-0.4, -0.2) is 56.4 Å². The zero-order chi connectivity index (χ0) is 21.7. The minimum Gasteiger partial charge on any atom is -0.493 e. The maximum Gasteiger partial charge on any atom is 0.162 e. The second-order valence-electron chi connectivity index (χ2n) is 6.74. The lowest BCUT2D eigenvalue weighted by molar-refractivity contribution is 0.288. The van der Waals surface area contributed by atoms with Gasteiger partial charge < -0.3 is 18.9 Å². The average molecular weight is 412 g/mol. The molecule has 7 heteroatoms. The van der Waals surface area contributed by atoms with E-state index in [1.165, 1.54) is 0 Å². The molecular weight excluding hydrogens is 382 g/mol. The number of benzene rings is 2. The lowest BCUT2D eigenvalue weighted by atomic mass is 10.0. The molecule has 0 aliphatic rings. The molecule has 0 bridgehead atoms. The average Bonchev–Trinajstić information content (AvgIpc) is 2.80. The van der Waals surface area contributed by atoms with E-state index < -0.39 is 0 Å². The molecule has 0 saturated carbocycles. The van der Waals surface area contributed by atoms with Crippen molar-refractivity contribution in [3.05, 3.63) is 36.2 Å². The normalized spacial score (nSPS) is 11.0. The summed E-state index contributed by atoms with van der Waals surface area (Å²) < 4.78 is 21.9. The van der Waals surface area contributed by atoms with Gasteiger partial charge in [0, 0.05) is 17.0 Å². The summed E-state index contributed by atoms with van der Waals surface area (Å²) in [6, 6.07) is 9.60. The van der Waals surface area contributed by atoms with Crippen LogP contribution in [0.3, 0.4) is 0 Å². The summed E-state index contributed by atoms with van der Waals surface area (Å²) in [5.41, 5.74) is 2.52. The number of hydrogen-bond acceptors (Lipinski definition) is 7. The Kier molecular flexibility index (Phi) is 6.95. The van der Waals surface area contributed by atoms with Gasteiger partial charge in [0.25, 0.3) is 0 Å². The van der Waals surface area contributed by atoms with E-state index in [1.54, 1.807) is 28.4 Å². The summed E-state index contributed by atoms with van der Waals surface area (Å²) in [5.74, 6) is 3.33. The van der Waals surface area contributed by atoms with Crippen LogP contribution in [0.5, 0.6) is 23.0 Å². The van der Waals surface area contributed by atoms with Crippen molar-refractivity contribution in [1.82, 2.24) is 14.9 Å². The molecule has 1 aromatic heterocycles. The number of hydrogen-bond donors (Lipinski definition) is 0. The third-order valence-electron chi connectivity index (χ3n) is 5.16. The first-order valence-corrected chi connectivity index (χ1v) is 9.95. The largest absolute Gasteiger partial charge is 0.493 e. The minimum atomic E-state index is 0.631. The smallest absolute Gasteiger partial charge is 0.162 e. The molecule has 0 N–H and O–H groups in total. The maximum atomic E-state index is 5.51. The predicted octanol–water partition coefficient (Wildman–Crippen LogP) is 4.17. The Morgan fingerprint density at radius 2 is 1.33 bits per heavy atom. The van der Waals surface area contributed by atoms with Crippen LogP contribution in [0.4, 0.5) is 0 Å². The summed E-state index contributed by atoms with van der Waals surface area (Å²) in [5, 5.41) is 0.878. The molecule has 0 radical (unpaired) electrons. The van der Waals surface area contributed by atoms with Crippen molar-refractivity contribution in [2.24, 2.45) is 0 Å². The van der Waals surface area contributed by atoms with Crippen LogP contribution in [0.25, 0.3) is 22.2 Å². The van der Waals surface area contributed by atoms with Gasteiger partial charge in [-0.3, -0.25) is 4.90 Å². The van der Waals surface area contributed by atoms with E-state index >= 15 is 0 Å². The molecule has 3 rings (SSSR count). The third-order valence-corrected chi connectivity index (χ3v) is 5.16. The number of ether oxygens (including phenoxy) is 4. The Morgan fingerprint density at radius 1 is 0.733 bits per heavy atom. The predicted molar refractivity (Wildman–Crippen MR) is 118 cm³/mol. The van der Waals surface area contributed by atoms with Gasteiger partial charge >= 0.3 is 0 Å². The van der Waals surface area contributed by atoms with E-state index in [-0.39, 0.29) is 0 Å². The molecule has 7 nitrogen and oxygen atoms in total. The first kappa shape index (κ1) is 21.6. The molecule has 0 aliphatic carbocycles. The summed E-state index contributed by atoms with van der Waals surface area (Å²) in [6.07, 6.45) is 0. The Balaban J connectivity index is 2.26. The first-order chi connectivity index (χ1) is 14.6. The molecule has 0 fully saturated rings. The Bertz CT molecular complexity index is 1020. The quantitative estimate of drug-likeness (QED) is 0.523. The van der Waals surface area contributed by atoms with Gasteiger partial charge in [0.05, 0.1) is 46.2 Å². The second-order valence-corrected chi connectivity index (χ2v) is 6.74.